The molecule has 0 unspecified atom stereocenters. The summed E-state index contributed by atoms with van der Waals surface area (Å²) < 4.78 is 5.62. The molecule has 0 aromatic heterocycles. The minimum Gasteiger partial charge on any atom is -0.426 e. The fourth-order valence-electron chi connectivity index (χ4n) is 5.75. The van der Waals surface area contributed by atoms with Gasteiger partial charge in [-0.3, -0.25) is 19.2 Å². The zero-order valence-electron chi connectivity index (χ0n) is 20.3. The van der Waals surface area contributed by atoms with Crippen molar-refractivity contribution in [3.8, 4) is 5.75 Å². The number of amides is 3. The summed E-state index contributed by atoms with van der Waals surface area (Å²) in [6, 6.07) is 12.5. The summed E-state index contributed by atoms with van der Waals surface area (Å²) in [7, 11) is 0. The molecule has 2 aromatic rings. The lowest BCUT2D eigenvalue weighted by Gasteiger charge is -2.25. The van der Waals surface area contributed by atoms with Crippen molar-refractivity contribution in [2.75, 3.05) is 16.3 Å². The first-order valence-corrected chi connectivity index (χ1v) is 12.3. The summed E-state index contributed by atoms with van der Waals surface area (Å²) in [6.45, 7) is 6.32. The van der Waals surface area contributed by atoms with Crippen LogP contribution in [-0.4, -0.2) is 30.2 Å². The first-order chi connectivity index (χ1) is 16.7. The van der Waals surface area contributed by atoms with Crippen molar-refractivity contribution < 1.29 is 23.9 Å². The fraction of sp³-hybridized carbons (Fsp3) is 0.429. The summed E-state index contributed by atoms with van der Waals surface area (Å²) in [5, 5.41) is 0. The van der Waals surface area contributed by atoms with Crippen LogP contribution in [0.3, 0.4) is 0 Å². The van der Waals surface area contributed by atoms with Crippen LogP contribution >= 0.6 is 0 Å². The Labute approximate surface area is 205 Å². The van der Waals surface area contributed by atoms with Crippen molar-refractivity contribution in [3.05, 3.63) is 53.6 Å². The van der Waals surface area contributed by atoms with Gasteiger partial charge in [0.15, 0.2) is 0 Å². The molecule has 35 heavy (non-hydrogen) atoms. The average Bonchev–Trinajstić information content (AvgIpc) is 3.31. The van der Waals surface area contributed by atoms with Crippen LogP contribution in [0.2, 0.25) is 0 Å². The van der Waals surface area contributed by atoms with Crippen molar-refractivity contribution in [1.29, 1.82) is 0 Å². The second kappa shape index (κ2) is 8.95. The predicted octanol–water partition coefficient (Wildman–Crippen LogP) is 4.19. The maximum absolute atomic E-state index is 13.0. The Hall–Kier alpha value is -3.48. The van der Waals surface area contributed by atoms with Gasteiger partial charge in [0.1, 0.15) is 5.75 Å². The maximum atomic E-state index is 13.0. The van der Waals surface area contributed by atoms with Crippen LogP contribution in [0.15, 0.2) is 42.5 Å². The molecule has 182 valence electrons. The van der Waals surface area contributed by atoms with Crippen molar-refractivity contribution in [2.45, 2.75) is 46.5 Å². The van der Waals surface area contributed by atoms with Gasteiger partial charge in [0.05, 0.1) is 23.4 Å². The Morgan fingerprint density at radius 2 is 1.63 bits per heavy atom. The Morgan fingerprint density at radius 1 is 0.914 bits per heavy atom. The van der Waals surface area contributed by atoms with E-state index in [4.69, 9.17) is 4.74 Å². The third kappa shape index (κ3) is 4.35. The van der Waals surface area contributed by atoms with Crippen molar-refractivity contribution in [1.82, 2.24) is 0 Å². The summed E-state index contributed by atoms with van der Waals surface area (Å²) in [4.78, 5) is 54.5. The lowest BCUT2D eigenvalue weighted by molar-refractivity contribution is -0.139. The third-order valence-corrected chi connectivity index (χ3v) is 7.46. The van der Waals surface area contributed by atoms with Gasteiger partial charge in [-0.25, -0.2) is 4.90 Å². The number of nitrogens with zero attached hydrogens (tertiary/aromatic N) is 2. The second-order valence-corrected chi connectivity index (χ2v) is 10.3. The second-order valence-electron chi connectivity index (χ2n) is 10.3. The number of ether oxygens (including phenoxy) is 1. The van der Waals surface area contributed by atoms with E-state index in [-0.39, 0.29) is 48.3 Å². The molecule has 0 N–H and O–H groups in total. The lowest BCUT2D eigenvalue weighted by atomic mass is 9.76. The molecular weight excluding hydrogens is 444 g/mol. The van der Waals surface area contributed by atoms with Gasteiger partial charge >= 0.3 is 5.97 Å². The topological polar surface area (TPSA) is 84.0 Å². The predicted molar refractivity (Wildman–Crippen MR) is 131 cm³/mol. The average molecular weight is 475 g/mol. The molecule has 2 saturated heterocycles. The van der Waals surface area contributed by atoms with Gasteiger partial charge in [-0.15, -0.1) is 0 Å². The van der Waals surface area contributed by atoms with Gasteiger partial charge in [0.25, 0.3) is 0 Å². The minimum atomic E-state index is -0.591. The number of rotatable bonds is 4. The Kier molecular flexibility index (Phi) is 5.95. The van der Waals surface area contributed by atoms with Crippen LogP contribution < -0.4 is 14.5 Å². The molecule has 2 heterocycles. The van der Waals surface area contributed by atoms with Gasteiger partial charge in [-0.05, 0) is 74.4 Å². The smallest absolute Gasteiger partial charge is 0.316 e. The normalized spacial score (nSPS) is 26.3. The molecule has 1 aliphatic carbocycles. The van der Waals surface area contributed by atoms with Gasteiger partial charge in [0.2, 0.25) is 17.7 Å². The molecule has 0 bridgehead atoms. The number of aryl methyl sites for hydroxylation is 2. The molecule has 2 aromatic carbocycles. The van der Waals surface area contributed by atoms with E-state index in [0.717, 1.165) is 36.1 Å². The van der Waals surface area contributed by atoms with Gasteiger partial charge in [-0.1, -0.05) is 19.1 Å². The van der Waals surface area contributed by atoms with E-state index >= 15 is 0 Å². The van der Waals surface area contributed by atoms with E-state index < -0.39 is 11.9 Å². The van der Waals surface area contributed by atoms with Crippen LogP contribution in [0, 0.1) is 37.5 Å². The summed E-state index contributed by atoms with van der Waals surface area (Å²) >= 11 is 0. The Bertz CT molecular complexity index is 1200. The number of hydrogen-bond acceptors (Lipinski definition) is 5. The van der Waals surface area contributed by atoms with E-state index in [1.165, 1.54) is 4.90 Å². The quantitative estimate of drug-likeness (QED) is 0.377. The number of carbonyl (C=O) groups excluding carboxylic acids is 4. The molecule has 3 amide bonds. The highest BCUT2D eigenvalue weighted by atomic mass is 16.5. The van der Waals surface area contributed by atoms with Crippen LogP contribution in [0.1, 0.15) is 43.7 Å². The standard InChI is InChI=1S/C28H30N2O5/c1-16-7-8-23-24(12-16)27(33)30(26(23)32)20-5-4-6-22(14-20)35-28(34)19-13-25(31)29(15-19)21-10-17(2)9-18(3)11-21/h4-6,9-11,14,16,19,23-24H,7-8,12-13,15H2,1-3H3/t16-,19+,23+,24+/m0/s1. The summed E-state index contributed by atoms with van der Waals surface area (Å²) in [5.74, 6) is -1.37. The number of hydrogen-bond donors (Lipinski definition) is 0. The molecular formula is C28H30N2O5. The van der Waals surface area contributed by atoms with Crippen LogP contribution in [0.5, 0.6) is 5.75 Å². The Balaban J connectivity index is 1.29. The van der Waals surface area contributed by atoms with Crippen molar-refractivity contribution >= 4 is 35.1 Å². The first-order valence-electron chi connectivity index (χ1n) is 12.3. The molecule has 7 heteroatoms. The fourth-order valence-corrected chi connectivity index (χ4v) is 5.75. The van der Waals surface area contributed by atoms with Gasteiger partial charge in [-0.2, -0.15) is 0 Å². The number of carbonyl (C=O) groups is 4. The van der Waals surface area contributed by atoms with Crippen molar-refractivity contribution in [3.63, 3.8) is 0 Å². The number of benzene rings is 2. The van der Waals surface area contributed by atoms with E-state index in [0.29, 0.717) is 11.6 Å². The highest BCUT2D eigenvalue weighted by Crippen LogP contribution is 2.42. The van der Waals surface area contributed by atoms with Gasteiger partial charge in [0, 0.05) is 24.7 Å². The van der Waals surface area contributed by atoms with E-state index in [9.17, 15) is 19.2 Å². The summed E-state index contributed by atoms with van der Waals surface area (Å²) in [5.41, 5.74) is 3.31. The highest BCUT2D eigenvalue weighted by molar-refractivity contribution is 6.22. The largest absolute Gasteiger partial charge is 0.426 e. The zero-order chi connectivity index (χ0) is 24.9. The van der Waals surface area contributed by atoms with Gasteiger partial charge < -0.3 is 9.64 Å². The molecule has 0 spiro atoms. The number of fused-ring (bicyclic) bond motifs is 1. The minimum absolute atomic E-state index is 0.0795. The van der Waals surface area contributed by atoms with Crippen LogP contribution in [0.25, 0.3) is 0 Å². The summed E-state index contributed by atoms with van der Waals surface area (Å²) in [6.07, 6.45) is 2.49. The van der Waals surface area contributed by atoms with E-state index in [2.05, 4.69) is 6.92 Å². The molecule has 5 rings (SSSR count). The van der Waals surface area contributed by atoms with Crippen LogP contribution in [-0.2, 0) is 19.2 Å². The monoisotopic (exact) mass is 474 g/mol. The maximum Gasteiger partial charge on any atom is 0.316 e. The lowest BCUT2D eigenvalue weighted by Crippen LogP contribution is -2.31. The highest BCUT2D eigenvalue weighted by Gasteiger charge is 2.50. The molecule has 7 nitrogen and oxygen atoms in total. The number of anilines is 2. The molecule has 4 atom stereocenters. The SMILES string of the molecule is Cc1cc(C)cc(N2C[C@H](C(=O)Oc3cccc(N4C(=O)[C@@H]5CC[C@H](C)C[C@H]5C4=O)c3)CC2=O)c1. The molecule has 1 saturated carbocycles. The number of imide groups is 1. The van der Waals surface area contributed by atoms with E-state index in [1.54, 1.807) is 29.2 Å². The van der Waals surface area contributed by atoms with Crippen molar-refractivity contribution in [2.24, 2.45) is 23.7 Å². The molecule has 3 aliphatic rings. The van der Waals surface area contributed by atoms with Crippen LogP contribution in [0.4, 0.5) is 11.4 Å². The molecule has 2 aliphatic heterocycles. The molecule has 3 fully saturated rings. The zero-order valence-corrected chi connectivity index (χ0v) is 20.3. The third-order valence-electron chi connectivity index (χ3n) is 7.46. The number of esters is 1. The Morgan fingerprint density at radius 3 is 2.37 bits per heavy atom. The first kappa shape index (κ1) is 23.3. The van der Waals surface area contributed by atoms with E-state index in [1.807, 2.05) is 32.0 Å². The molecule has 0 radical (unpaired) electrons.